The lowest BCUT2D eigenvalue weighted by atomic mass is 9.89. The number of anilines is 1. The molecule has 0 aromatic carbocycles. The summed E-state index contributed by atoms with van der Waals surface area (Å²) in [5.41, 5.74) is 4.91. The lowest BCUT2D eigenvalue weighted by molar-refractivity contribution is -0.125. The van der Waals surface area contributed by atoms with E-state index in [9.17, 15) is 4.79 Å². The van der Waals surface area contributed by atoms with Gasteiger partial charge in [-0.2, -0.15) is 0 Å². The number of nitrogens with zero attached hydrogens (tertiary/aromatic N) is 3. The van der Waals surface area contributed by atoms with E-state index in [2.05, 4.69) is 29.4 Å². The average molecular weight is 267 g/mol. The number of hydrogen-bond donors (Lipinski definition) is 2. The van der Waals surface area contributed by atoms with Gasteiger partial charge in [-0.25, -0.2) is 0 Å². The topological polar surface area (TPSA) is 97.3 Å². The fourth-order valence-electron chi connectivity index (χ4n) is 2.06. The van der Waals surface area contributed by atoms with Crippen LogP contribution in [0.2, 0.25) is 0 Å². The molecule has 0 saturated carbocycles. The van der Waals surface area contributed by atoms with Gasteiger partial charge in [0, 0.05) is 19.1 Å². The number of amides is 1. The van der Waals surface area contributed by atoms with Crippen LogP contribution in [-0.2, 0) is 11.3 Å². The fourth-order valence-corrected chi connectivity index (χ4v) is 2.06. The molecule has 0 bridgehead atoms. The Balaban J connectivity index is 1.98. The fraction of sp³-hybridized carbons (Fsp3) is 0.750. The second-order valence-corrected chi connectivity index (χ2v) is 5.61. The summed E-state index contributed by atoms with van der Waals surface area (Å²) in [6.07, 6.45) is 0.713. The van der Waals surface area contributed by atoms with E-state index in [0.717, 1.165) is 0 Å². The number of nitrogens with two attached hydrogens (primary N) is 1. The molecule has 2 rings (SSSR count). The Labute approximate surface area is 112 Å². The minimum atomic E-state index is -0.509. The molecule has 19 heavy (non-hydrogen) atoms. The lowest BCUT2D eigenvalue weighted by Crippen LogP contribution is -2.37. The van der Waals surface area contributed by atoms with Crippen LogP contribution in [0.1, 0.15) is 33.1 Å². The number of carbonyl (C=O) groups is 1. The predicted octanol–water partition coefficient (Wildman–Crippen LogP) is 0.269. The Kier molecular flexibility index (Phi) is 3.75. The van der Waals surface area contributed by atoms with Gasteiger partial charge in [0.2, 0.25) is 11.8 Å². The molecule has 2 heterocycles. The van der Waals surface area contributed by atoms with Gasteiger partial charge >= 0.3 is 6.01 Å². The third-order valence-corrected chi connectivity index (χ3v) is 3.46. The maximum atomic E-state index is 11.4. The smallest absolute Gasteiger partial charge is 0.318 e. The van der Waals surface area contributed by atoms with Gasteiger partial charge in [-0.15, -0.1) is 5.10 Å². The maximum Gasteiger partial charge on any atom is 0.318 e. The van der Waals surface area contributed by atoms with Crippen LogP contribution in [0.5, 0.6) is 0 Å². The predicted molar refractivity (Wildman–Crippen MR) is 70.4 cm³/mol. The van der Waals surface area contributed by atoms with Gasteiger partial charge in [-0.1, -0.05) is 18.9 Å². The van der Waals surface area contributed by atoms with E-state index >= 15 is 0 Å². The van der Waals surface area contributed by atoms with E-state index in [4.69, 9.17) is 10.2 Å². The molecule has 0 aliphatic carbocycles. The van der Waals surface area contributed by atoms with Crippen molar-refractivity contribution in [2.75, 3.05) is 18.0 Å². The zero-order chi connectivity index (χ0) is 14.0. The second-order valence-electron chi connectivity index (χ2n) is 5.61. The van der Waals surface area contributed by atoms with E-state index in [1.54, 1.807) is 0 Å². The Bertz CT molecular complexity index is 459. The monoisotopic (exact) mass is 267 g/mol. The quantitative estimate of drug-likeness (QED) is 0.794. The first-order chi connectivity index (χ1) is 8.90. The highest BCUT2D eigenvalue weighted by molar-refractivity contribution is 5.81. The number of carbonyl (C=O) groups excluding carboxylic acids is 1. The van der Waals surface area contributed by atoms with Crippen LogP contribution in [0.4, 0.5) is 6.01 Å². The summed E-state index contributed by atoms with van der Waals surface area (Å²) in [4.78, 5) is 13.3. The van der Waals surface area contributed by atoms with Crippen LogP contribution in [-0.4, -0.2) is 35.2 Å². The first-order valence-electron chi connectivity index (χ1n) is 6.51. The molecule has 1 saturated heterocycles. The molecule has 1 atom stereocenters. The number of rotatable bonds is 5. The molecule has 1 aromatic rings. The summed E-state index contributed by atoms with van der Waals surface area (Å²) in [6.45, 7) is 7.75. The average Bonchev–Trinajstić information content (AvgIpc) is 2.93. The van der Waals surface area contributed by atoms with Crippen LogP contribution in [0, 0.1) is 5.41 Å². The number of nitrogens with one attached hydrogen (secondary N) is 1. The summed E-state index contributed by atoms with van der Waals surface area (Å²) in [6, 6.07) is 0.825. The van der Waals surface area contributed by atoms with Crippen molar-refractivity contribution in [2.24, 2.45) is 11.1 Å². The summed E-state index contributed by atoms with van der Waals surface area (Å²) in [5, 5.41) is 11.2. The Hall–Kier alpha value is -1.63. The minimum absolute atomic E-state index is 0.281. The standard InChI is InChI=1S/C12H21N5O2/c1-8(2)14-6-9-15-16-11(19-9)17-5-4-12(3,7-17)10(13)18/h8,14H,4-7H2,1-3H3,(H2,13,18). The van der Waals surface area contributed by atoms with Crippen LogP contribution in [0.3, 0.4) is 0 Å². The van der Waals surface area contributed by atoms with Gasteiger partial charge in [0.25, 0.3) is 0 Å². The molecule has 1 aliphatic rings. The summed E-state index contributed by atoms with van der Waals surface area (Å²) < 4.78 is 5.58. The van der Waals surface area contributed by atoms with Crippen LogP contribution < -0.4 is 16.0 Å². The van der Waals surface area contributed by atoms with Crippen molar-refractivity contribution in [3.05, 3.63) is 5.89 Å². The molecule has 1 unspecified atom stereocenters. The van der Waals surface area contributed by atoms with E-state index in [0.29, 0.717) is 44.0 Å². The molecule has 1 fully saturated rings. The molecule has 7 nitrogen and oxygen atoms in total. The highest BCUT2D eigenvalue weighted by Crippen LogP contribution is 2.32. The first-order valence-corrected chi connectivity index (χ1v) is 6.51. The van der Waals surface area contributed by atoms with Crippen molar-refractivity contribution in [3.8, 4) is 0 Å². The molecule has 1 amide bonds. The summed E-state index contributed by atoms with van der Waals surface area (Å²) in [7, 11) is 0. The van der Waals surface area contributed by atoms with Crippen molar-refractivity contribution in [2.45, 2.75) is 39.8 Å². The summed E-state index contributed by atoms with van der Waals surface area (Å²) in [5.74, 6) is 0.271. The molecular weight excluding hydrogens is 246 g/mol. The molecular formula is C12H21N5O2. The Morgan fingerprint density at radius 1 is 1.58 bits per heavy atom. The molecule has 3 N–H and O–H groups in total. The molecule has 0 spiro atoms. The van der Waals surface area contributed by atoms with Crippen molar-refractivity contribution in [1.29, 1.82) is 0 Å². The third-order valence-electron chi connectivity index (χ3n) is 3.46. The highest BCUT2D eigenvalue weighted by atomic mass is 16.4. The van der Waals surface area contributed by atoms with E-state index < -0.39 is 5.41 Å². The number of aromatic nitrogens is 2. The molecule has 1 aliphatic heterocycles. The maximum absolute atomic E-state index is 11.4. The second kappa shape index (κ2) is 5.16. The molecule has 1 aromatic heterocycles. The van der Waals surface area contributed by atoms with Crippen molar-refractivity contribution in [1.82, 2.24) is 15.5 Å². The van der Waals surface area contributed by atoms with E-state index in [1.807, 2.05) is 11.8 Å². The number of primary amides is 1. The largest absolute Gasteiger partial charge is 0.407 e. The zero-order valence-electron chi connectivity index (χ0n) is 11.6. The molecule has 106 valence electrons. The SMILES string of the molecule is CC(C)NCc1nnc(N2CCC(C)(C(N)=O)C2)o1. The van der Waals surface area contributed by atoms with E-state index in [-0.39, 0.29) is 5.91 Å². The van der Waals surface area contributed by atoms with Gasteiger partial charge in [-0.3, -0.25) is 4.79 Å². The van der Waals surface area contributed by atoms with Crippen molar-refractivity contribution in [3.63, 3.8) is 0 Å². The Morgan fingerprint density at radius 3 is 2.89 bits per heavy atom. The van der Waals surface area contributed by atoms with Crippen LogP contribution >= 0.6 is 0 Å². The van der Waals surface area contributed by atoms with Gasteiger partial charge in [0.1, 0.15) is 0 Å². The number of hydrogen-bond acceptors (Lipinski definition) is 6. The van der Waals surface area contributed by atoms with Gasteiger partial charge in [-0.05, 0) is 13.3 Å². The molecule has 0 radical (unpaired) electrons. The van der Waals surface area contributed by atoms with Gasteiger partial charge in [0.05, 0.1) is 12.0 Å². The van der Waals surface area contributed by atoms with Gasteiger partial charge < -0.3 is 20.4 Å². The van der Waals surface area contributed by atoms with Gasteiger partial charge in [0.15, 0.2) is 0 Å². The third kappa shape index (κ3) is 3.04. The van der Waals surface area contributed by atoms with Crippen molar-refractivity contribution < 1.29 is 9.21 Å². The van der Waals surface area contributed by atoms with Crippen LogP contribution in [0.15, 0.2) is 4.42 Å². The Morgan fingerprint density at radius 2 is 2.32 bits per heavy atom. The minimum Gasteiger partial charge on any atom is -0.407 e. The zero-order valence-corrected chi connectivity index (χ0v) is 11.6. The summed E-state index contributed by atoms with van der Waals surface area (Å²) >= 11 is 0. The normalized spacial score (nSPS) is 23.3. The van der Waals surface area contributed by atoms with Crippen LogP contribution in [0.25, 0.3) is 0 Å². The molecule has 7 heteroatoms. The lowest BCUT2D eigenvalue weighted by Gasteiger charge is -2.19. The highest BCUT2D eigenvalue weighted by Gasteiger charge is 2.40. The van der Waals surface area contributed by atoms with E-state index in [1.165, 1.54) is 0 Å². The van der Waals surface area contributed by atoms with Crippen molar-refractivity contribution >= 4 is 11.9 Å². The first kappa shape index (κ1) is 13.8.